The third-order valence-corrected chi connectivity index (χ3v) is 4.92. The van der Waals surface area contributed by atoms with Gasteiger partial charge in [-0.1, -0.05) is 6.42 Å². The van der Waals surface area contributed by atoms with Gasteiger partial charge in [-0.15, -0.1) is 0 Å². The van der Waals surface area contributed by atoms with E-state index in [9.17, 15) is 13.6 Å². The highest BCUT2D eigenvalue weighted by Gasteiger charge is 2.42. The molecule has 4 heteroatoms. The van der Waals surface area contributed by atoms with E-state index in [-0.39, 0.29) is 11.6 Å². The molecule has 2 nitrogen and oxygen atoms in total. The predicted molar refractivity (Wildman–Crippen MR) is 72.2 cm³/mol. The quantitative estimate of drug-likeness (QED) is 0.901. The fourth-order valence-electron chi connectivity index (χ4n) is 3.99. The third-order valence-electron chi connectivity index (χ3n) is 4.92. The summed E-state index contributed by atoms with van der Waals surface area (Å²) >= 11 is 0. The third kappa shape index (κ3) is 2.56. The summed E-state index contributed by atoms with van der Waals surface area (Å²) in [5.74, 6) is 0.204. The fourth-order valence-corrected chi connectivity index (χ4v) is 3.99. The topological polar surface area (TPSA) is 29.1 Å². The molecule has 108 valence electrons. The highest BCUT2D eigenvalue weighted by Crippen LogP contribution is 2.49. The summed E-state index contributed by atoms with van der Waals surface area (Å²) in [6.45, 7) is 2.00. The molecule has 4 atom stereocenters. The summed E-state index contributed by atoms with van der Waals surface area (Å²) in [6, 6.07) is 2.98. The van der Waals surface area contributed by atoms with Crippen LogP contribution in [0.2, 0.25) is 0 Å². The van der Waals surface area contributed by atoms with Crippen molar-refractivity contribution in [3.8, 4) is 0 Å². The Bertz CT molecular complexity index is 511. The van der Waals surface area contributed by atoms with Crippen LogP contribution in [0.3, 0.4) is 0 Å². The van der Waals surface area contributed by atoms with Gasteiger partial charge in [0.25, 0.3) is 5.91 Å². The average molecular weight is 279 g/mol. The molecule has 0 radical (unpaired) electrons. The Morgan fingerprint density at radius 3 is 2.45 bits per heavy atom. The zero-order chi connectivity index (χ0) is 14.3. The maximum absolute atomic E-state index is 13.1. The lowest BCUT2D eigenvalue weighted by Crippen LogP contribution is -2.40. The molecule has 1 aromatic rings. The van der Waals surface area contributed by atoms with Gasteiger partial charge in [0.1, 0.15) is 11.6 Å². The zero-order valence-electron chi connectivity index (χ0n) is 11.5. The number of nitrogens with one attached hydrogen (secondary N) is 1. The molecular weight excluding hydrogens is 260 g/mol. The maximum atomic E-state index is 13.1. The number of carbonyl (C=O) groups is 1. The van der Waals surface area contributed by atoms with E-state index in [1.807, 2.05) is 6.92 Å². The maximum Gasteiger partial charge on any atom is 0.251 e. The van der Waals surface area contributed by atoms with Crippen molar-refractivity contribution < 1.29 is 13.6 Å². The van der Waals surface area contributed by atoms with E-state index >= 15 is 0 Å². The van der Waals surface area contributed by atoms with Gasteiger partial charge in [0.05, 0.1) is 0 Å². The normalized spacial score (nSPS) is 29.4. The number of rotatable bonds is 3. The van der Waals surface area contributed by atoms with Gasteiger partial charge in [0, 0.05) is 17.7 Å². The van der Waals surface area contributed by atoms with E-state index in [1.165, 1.54) is 25.7 Å². The highest BCUT2D eigenvalue weighted by molar-refractivity contribution is 5.94. The van der Waals surface area contributed by atoms with Gasteiger partial charge < -0.3 is 5.32 Å². The lowest BCUT2D eigenvalue weighted by Gasteiger charge is -2.28. The van der Waals surface area contributed by atoms with Crippen molar-refractivity contribution in [3.05, 3.63) is 35.4 Å². The van der Waals surface area contributed by atoms with Gasteiger partial charge in [0.15, 0.2) is 0 Å². The molecule has 0 spiro atoms. The minimum Gasteiger partial charge on any atom is -0.349 e. The zero-order valence-corrected chi connectivity index (χ0v) is 11.5. The van der Waals surface area contributed by atoms with Gasteiger partial charge in [-0.05, 0) is 56.1 Å². The van der Waals surface area contributed by atoms with Crippen LogP contribution in [0.4, 0.5) is 8.78 Å². The number of fused-ring (bicyclic) bond motifs is 2. The van der Waals surface area contributed by atoms with Crippen molar-refractivity contribution in [1.82, 2.24) is 5.32 Å². The van der Waals surface area contributed by atoms with E-state index in [2.05, 4.69) is 5.32 Å². The molecule has 0 aliphatic heterocycles. The molecule has 2 aliphatic carbocycles. The summed E-state index contributed by atoms with van der Waals surface area (Å²) in [4.78, 5) is 12.1. The summed E-state index contributed by atoms with van der Waals surface area (Å²) in [5.41, 5.74) is 0.0532. The van der Waals surface area contributed by atoms with E-state index in [0.717, 1.165) is 24.1 Å². The number of carbonyl (C=O) groups excluding carboxylic acids is 1. The largest absolute Gasteiger partial charge is 0.349 e. The van der Waals surface area contributed by atoms with Crippen LogP contribution < -0.4 is 5.32 Å². The van der Waals surface area contributed by atoms with Crippen molar-refractivity contribution in [2.45, 2.75) is 38.6 Å². The van der Waals surface area contributed by atoms with Crippen molar-refractivity contribution in [2.75, 3.05) is 0 Å². The smallest absolute Gasteiger partial charge is 0.251 e. The average Bonchev–Trinajstić information content (AvgIpc) is 2.99. The summed E-state index contributed by atoms with van der Waals surface area (Å²) in [5, 5.41) is 2.91. The van der Waals surface area contributed by atoms with Gasteiger partial charge in [-0.3, -0.25) is 4.79 Å². The van der Waals surface area contributed by atoms with E-state index in [4.69, 9.17) is 0 Å². The Morgan fingerprint density at radius 2 is 1.90 bits per heavy atom. The second kappa shape index (κ2) is 5.15. The predicted octanol–water partition coefficient (Wildman–Crippen LogP) is 3.52. The Labute approximate surface area is 117 Å². The molecule has 1 aromatic carbocycles. The molecule has 2 aliphatic rings. The first kappa shape index (κ1) is 13.5. The first-order valence-corrected chi connectivity index (χ1v) is 7.30. The SMILES string of the molecule is C[C@@H](NC(=O)c1cc(F)cc(F)c1)[C@H]1C[C@H]2CC[C@H]1C2. The molecule has 0 aromatic heterocycles. The van der Waals surface area contributed by atoms with Crippen molar-refractivity contribution in [2.24, 2.45) is 17.8 Å². The molecule has 1 N–H and O–H groups in total. The number of halogens is 2. The second-order valence-electron chi connectivity index (χ2n) is 6.26. The number of amides is 1. The summed E-state index contributed by atoms with van der Waals surface area (Å²) in [7, 11) is 0. The molecule has 0 saturated heterocycles. The minimum atomic E-state index is -0.720. The van der Waals surface area contributed by atoms with Crippen LogP contribution in [0, 0.1) is 29.4 Å². The highest BCUT2D eigenvalue weighted by atomic mass is 19.1. The van der Waals surface area contributed by atoms with Crippen molar-refractivity contribution in [3.63, 3.8) is 0 Å². The van der Waals surface area contributed by atoms with Gasteiger partial charge in [0.2, 0.25) is 0 Å². The molecule has 2 saturated carbocycles. The summed E-state index contributed by atoms with van der Waals surface area (Å²) in [6.07, 6.45) is 5.02. The molecule has 2 bridgehead atoms. The molecule has 1 amide bonds. The Morgan fingerprint density at radius 1 is 1.20 bits per heavy atom. The first-order chi connectivity index (χ1) is 9.52. The Kier molecular flexibility index (Phi) is 3.48. The number of hydrogen-bond acceptors (Lipinski definition) is 1. The van der Waals surface area contributed by atoms with Crippen LogP contribution in [0.5, 0.6) is 0 Å². The fraction of sp³-hybridized carbons (Fsp3) is 0.562. The van der Waals surface area contributed by atoms with Gasteiger partial charge >= 0.3 is 0 Å². The van der Waals surface area contributed by atoms with Gasteiger partial charge in [-0.2, -0.15) is 0 Å². The first-order valence-electron chi connectivity index (χ1n) is 7.30. The van der Waals surface area contributed by atoms with E-state index in [0.29, 0.717) is 11.8 Å². The van der Waals surface area contributed by atoms with E-state index < -0.39 is 17.5 Å². The number of benzene rings is 1. The molecule has 0 unspecified atom stereocenters. The van der Waals surface area contributed by atoms with Crippen LogP contribution in [0.1, 0.15) is 43.0 Å². The monoisotopic (exact) mass is 279 g/mol. The van der Waals surface area contributed by atoms with Crippen LogP contribution in [0.15, 0.2) is 18.2 Å². The van der Waals surface area contributed by atoms with Crippen molar-refractivity contribution in [1.29, 1.82) is 0 Å². The van der Waals surface area contributed by atoms with Gasteiger partial charge in [-0.25, -0.2) is 8.78 Å². The van der Waals surface area contributed by atoms with Crippen LogP contribution in [0.25, 0.3) is 0 Å². The second-order valence-corrected chi connectivity index (χ2v) is 6.26. The van der Waals surface area contributed by atoms with Crippen LogP contribution >= 0.6 is 0 Å². The molecule has 3 rings (SSSR count). The standard InChI is InChI=1S/C16H19F2NO/c1-9(15-5-10-2-3-11(15)4-10)19-16(20)12-6-13(17)8-14(18)7-12/h6-11,15H,2-5H2,1H3,(H,19,20)/t9-,10+,11+,15-/m1/s1. The van der Waals surface area contributed by atoms with Crippen molar-refractivity contribution >= 4 is 5.91 Å². The summed E-state index contributed by atoms with van der Waals surface area (Å²) < 4.78 is 26.3. The van der Waals surface area contributed by atoms with E-state index in [1.54, 1.807) is 0 Å². The minimum absolute atomic E-state index is 0.0532. The molecule has 20 heavy (non-hydrogen) atoms. The molecule has 2 fully saturated rings. The Balaban J connectivity index is 1.66. The molecular formula is C16H19F2NO. The Hall–Kier alpha value is -1.45. The molecule has 0 heterocycles. The lowest BCUT2D eigenvalue weighted by molar-refractivity contribution is 0.0914. The van der Waals surface area contributed by atoms with Crippen LogP contribution in [-0.2, 0) is 0 Å². The lowest BCUT2D eigenvalue weighted by atomic mass is 9.84. The van der Waals surface area contributed by atoms with Crippen LogP contribution in [-0.4, -0.2) is 11.9 Å². The number of hydrogen-bond donors (Lipinski definition) is 1.